The molecule has 0 aromatic heterocycles. The Labute approximate surface area is 201 Å². The Hall–Kier alpha value is -3.25. The first kappa shape index (κ1) is 22.5. The number of hydrogen-bond donors (Lipinski definition) is 1. The minimum absolute atomic E-state index is 0.137. The van der Waals surface area contributed by atoms with Gasteiger partial charge in [0.2, 0.25) is 10.0 Å². The fourth-order valence-electron chi connectivity index (χ4n) is 4.81. The molecule has 1 saturated heterocycles. The smallest absolute Gasteiger partial charge is 0.238 e. The monoisotopic (exact) mass is 468 g/mol. The van der Waals surface area contributed by atoms with Crippen molar-refractivity contribution in [3.8, 4) is 0 Å². The van der Waals surface area contributed by atoms with E-state index in [1.54, 1.807) is 24.3 Å². The summed E-state index contributed by atoms with van der Waals surface area (Å²) in [6.07, 6.45) is 10.7. The highest BCUT2D eigenvalue weighted by molar-refractivity contribution is 7.89. The highest BCUT2D eigenvalue weighted by Gasteiger charge is 2.22. The molecule has 0 saturated carbocycles. The maximum absolute atomic E-state index is 11.4. The summed E-state index contributed by atoms with van der Waals surface area (Å²) in [4.78, 5) is 2.60. The van der Waals surface area contributed by atoms with E-state index in [0.29, 0.717) is 0 Å². The first-order valence-corrected chi connectivity index (χ1v) is 13.1. The first-order chi connectivity index (χ1) is 16.5. The summed E-state index contributed by atoms with van der Waals surface area (Å²) in [5, 5.41) is 5.17. The van der Waals surface area contributed by atoms with Gasteiger partial charge in [0.25, 0.3) is 0 Å². The van der Waals surface area contributed by atoms with Crippen molar-refractivity contribution in [3.63, 3.8) is 0 Å². The summed E-state index contributed by atoms with van der Waals surface area (Å²) in [5.41, 5.74) is 9.11. The zero-order valence-electron chi connectivity index (χ0n) is 19.0. The molecular weight excluding hydrogens is 440 g/mol. The molecule has 1 fully saturated rings. The Morgan fingerprint density at radius 1 is 0.794 bits per heavy atom. The molecule has 0 bridgehead atoms. The summed E-state index contributed by atoms with van der Waals surface area (Å²) < 4.78 is 22.8. The summed E-state index contributed by atoms with van der Waals surface area (Å²) in [6, 6.07) is 24.1. The highest BCUT2D eigenvalue weighted by Crippen LogP contribution is 2.38. The van der Waals surface area contributed by atoms with Gasteiger partial charge in [0.15, 0.2) is 0 Å². The molecule has 1 aliphatic heterocycles. The van der Waals surface area contributed by atoms with Crippen LogP contribution in [0.25, 0.3) is 23.8 Å². The quantitative estimate of drug-likeness (QED) is 0.434. The minimum atomic E-state index is -3.65. The second kappa shape index (κ2) is 9.55. The number of fused-ring (bicyclic) bond motifs is 2. The second-order valence-corrected chi connectivity index (χ2v) is 10.4. The molecule has 2 N–H and O–H groups in total. The number of rotatable bonds is 4. The van der Waals surface area contributed by atoms with Crippen LogP contribution in [0.1, 0.15) is 40.7 Å². The minimum Gasteiger partial charge on any atom is -0.299 e. The second-order valence-electron chi connectivity index (χ2n) is 8.80. The lowest BCUT2D eigenvalue weighted by Crippen LogP contribution is -2.31. The fourth-order valence-corrected chi connectivity index (χ4v) is 5.32. The van der Waals surface area contributed by atoms with E-state index in [1.165, 1.54) is 33.4 Å². The van der Waals surface area contributed by atoms with Crippen molar-refractivity contribution in [2.75, 3.05) is 19.6 Å². The van der Waals surface area contributed by atoms with Crippen molar-refractivity contribution in [2.45, 2.75) is 17.7 Å². The third-order valence-electron chi connectivity index (χ3n) is 6.60. The van der Waals surface area contributed by atoms with Crippen LogP contribution in [0.5, 0.6) is 0 Å². The SMILES string of the molecule is NS(=O)(=O)c1ccc(C=CCN2CCC(=C3c4ccccc4C=Cc4ccccc43)CC2)cc1. The van der Waals surface area contributed by atoms with Gasteiger partial charge in [-0.25, -0.2) is 13.6 Å². The Morgan fingerprint density at radius 2 is 1.35 bits per heavy atom. The van der Waals surface area contributed by atoms with E-state index in [1.807, 2.05) is 6.08 Å². The number of likely N-dealkylation sites (tertiary alicyclic amines) is 1. The topological polar surface area (TPSA) is 63.4 Å². The lowest BCUT2D eigenvalue weighted by molar-refractivity contribution is 0.284. The lowest BCUT2D eigenvalue weighted by Gasteiger charge is -2.29. The predicted octanol–water partition coefficient (Wildman–Crippen LogP) is 5.43. The molecule has 0 spiro atoms. The van der Waals surface area contributed by atoms with E-state index in [4.69, 9.17) is 5.14 Å². The van der Waals surface area contributed by atoms with Crippen LogP contribution in [0.15, 0.2) is 89.3 Å². The Morgan fingerprint density at radius 3 is 1.91 bits per heavy atom. The first-order valence-electron chi connectivity index (χ1n) is 11.6. The van der Waals surface area contributed by atoms with Gasteiger partial charge in [0.1, 0.15) is 0 Å². The van der Waals surface area contributed by atoms with E-state index in [2.05, 4.69) is 71.7 Å². The average Bonchev–Trinajstić information content (AvgIpc) is 3.01. The van der Waals surface area contributed by atoms with Gasteiger partial charge in [-0.15, -0.1) is 0 Å². The standard InChI is InChI=1S/C29H28N2O2S/c30-34(32,33)26-15-11-22(12-16-26)6-5-19-31-20-17-25(18-21-31)29-27-9-3-1-7-23(27)13-14-24-8-2-4-10-28(24)29/h1-16H,17-21H2,(H2,30,32,33). The third kappa shape index (κ3) is 4.82. The number of nitrogens with zero attached hydrogens (tertiary/aromatic N) is 1. The number of sulfonamides is 1. The number of primary sulfonamides is 1. The molecule has 0 amide bonds. The summed E-state index contributed by atoms with van der Waals surface area (Å²) in [6.45, 7) is 2.91. The molecule has 5 rings (SSSR count). The molecule has 4 nitrogen and oxygen atoms in total. The van der Waals surface area contributed by atoms with Crippen molar-refractivity contribution in [2.24, 2.45) is 5.14 Å². The Kier molecular flexibility index (Phi) is 6.33. The molecule has 172 valence electrons. The van der Waals surface area contributed by atoms with Crippen LogP contribution in [0.3, 0.4) is 0 Å². The van der Waals surface area contributed by atoms with E-state index in [-0.39, 0.29) is 4.90 Å². The van der Waals surface area contributed by atoms with Crippen LogP contribution < -0.4 is 5.14 Å². The average molecular weight is 469 g/mol. The van der Waals surface area contributed by atoms with Gasteiger partial charge in [-0.1, -0.05) is 90.5 Å². The maximum Gasteiger partial charge on any atom is 0.238 e. The molecule has 0 unspecified atom stereocenters. The fraction of sp³-hybridized carbons (Fsp3) is 0.172. The van der Waals surface area contributed by atoms with Gasteiger partial charge in [0.05, 0.1) is 4.90 Å². The Balaban J connectivity index is 1.31. The van der Waals surface area contributed by atoms with Gasteiger partial charge in [-0.3, -0.25) is 4.90 Å². The maximum atomic E-state index is 11.4. The summed E-state index contributed by atoms with van der Waals surface area (Å²) >= 11 is 0. The number of piperidine rings is 1. The molecule has 0 atom stereocenters. The van der Waals surface area contributed by atoms with Gasteiger partial charge < -0.3 is 0 Å². The van der Waals surface area contributed by atoms with E-state index >= 15 is 0 Å². The molecule has 1 aliphatic carbocycles. The number of nitrogens with two attached hydrogens (primary N) is 1. The zero-order valence-corrected chi connectivity index (χ0v) is 19.8. The number of hydrogen-bond acceptors (Lipinski definition) is 3. The lowest BCUT2D eigenvalue weighted by atomic mass is 9.86. The van der Waals surface area contributed by atoms with Crippen molar-refractivity contribution >= 4 is 33.8 Å². The molecule has 3 aromatic rings. The van der Waals surface area contributed by atoms with Crippen LogP contribution in [0.4, 0.5) is 0 Å². The van der Waals surface area contributed by atoms with Gasteiger partial charge in [0, 0.05) is 19.6 Å². The van der Waals surface area contributed by atoms with Gasteiger partial charge in [-0.2, -0.15) is 0 Å². The van der Waals surface area contributed by atoms with Crippen molar-refractivity contribution in [3.05, 3.63) is 112 Å². The normalized spacial score (nSPS) is 16.4. The zero-order chi connectivity index (χ0) is 23.5. The molecule has 34 heavy (non-hydrogen) atoms. The molecular formula is C29H28N2O2S. The van der Waals surface area contributed by atoms with Crippen LogP contribution >= 0.6 is 0 Å². The Bertz CT molecular complexity index is 1340. The van der Waals surface area contributed by atoms with Crippen LogP contribution in [0, 0.1) is 0 Å². The molecule has 5 heteroatoms. The summed E-state index contributed by atoms with van der Waals surface area (Å²) in [5.74, 6) is 0. The van der Waals surface area contributed by atoms with E-state index < -0.39 is 10.0 Å². The van der Waals surface area contributed by atoms with Gasteiger partial charge in [-0.05, 0) is 58.4 Å². The largest absolute Gasteiger partial charge is 0.299 e. The number of benzene rings is 3. The van der Waals surface area contributed by atoms with Crippen LogP contribution in [-0.2, 0) is 10.0 Å². The molecule has 0 radical (unpaired) electrons. The van der Waals surface area contributed by atoms with Crippen molar-refractivity contribution in [1.29, 1.82) is 0 Å². The third-order valence-corrected chi connectivity index (χ3v) is 7.53. The van der Waals surface area contributed by atoms with Gasteiger partial charge >= 0.3 is 0 Å². The molecule has 3 aromatic carbocycles. The van der Waals surface area contributed by atoms with Crippen LogP contribution in [0.2, 0.25) is 0 Å². The van der Waals surface area contributed by atoms with Crippen molar-refractivity contribution < 1.29 is 8.42 Å². The van der Waals surface area contributed by atoms with E-state index in [0.717, 1.165) is 38.0 Å². The van der Waals surface area contributed by atoms with E-state index in [9.17, 15) is 8.42 Å². The predicted molar refractivity (Wildman–Crippen MR) is 140 cm³/mol. The summed E-state index contributed by atoms with van der Waals surface area (Å²) in [7, 11) is -3.65. The van der Waals surface area contributed by atoms with Crippen LogP contribution in [-0.4, -0.2) is 33.0 Å². The molecule has 1 heterocycles. The molecule has 2 aliphatic rings. The van der Waals surface area contributed by atoms with Crippen molar-refractivity contribution in [1.82, 2.24) is 4.90 Å². The highest BCUT2D eigenvalue weighted by atomic mass is 32.2.